The maximum Gasteiger partial charge on any atom is 0.249 e. The van der Waals surface area contributed by atoms with Crippen LogP contribution in [0.25, 0.3) is 0 Å². The second-order valence-corrected chi connectivity index (χ2v) is 5.06. The largest absolute Gasteiger partial charge is 0.377 e. The summed E-state index contributed by atoms with van der Waals surface area (Å²) < 4.78 is 15.4. The molecule has 0 aliphatic carbocycles. The fourth-order valence-electron chi connectivity index (χ4n) is 1.98. The van der Waals surface area contributed by atoms with E-state index in [1.165, 1.54) is 5.56 Å². The first-order valence-electron chi connectivity index (χ1n) is 7.41. The third-order valence-corrected chi connectivity index (χ3v) is 3.12. The van der Waals surface area contributed by atoms with E-state index in [2.05, 4.69) is 15.5 Å². The Kier molecular flexibility index (Phi) is 6.71. The molecule has 1 aromatic carbocycles. The molecule has 2 rings (SSSR count). The lowest BCUT2D eigenvalue weighted by molar-refractivity contribution is -0.126. The molecule has 23 heavy (non-hydrogen) atoms. The highest BCUT2D eigenvalue weighted by atomic mass is 16.5. The lowest BCUT2D eigenvalue weighted by Crippen LogP contribution is -2.30. The fraction of sp³-hybridized carbons (Fsp3) is 0.438. The molecule has 1 unspecified atom stereocenters. The summed E-state index contributed by atoms with van der Waals surface area (Å²) in [6.07, 6.45) is 0.772. The molecule has 7 heteroatoms. The zero-order chi connectivity index (χ0) is 16.5. The van der Waals surface area contributed by atoms with Crippen LogP contribution in [0, 0.1) is 0 Å². The van der Waals surface area contributed by atoms with Gasteiger partial charge in [-0.25, -0.2) is 0 Å². The van der Waals surface area contributed by atoms with Gasteiger partial charge in [0.25, 0.3) is 0 Å². The minimum absolute atomic E-state index is 0.00373. The van der Waals surface area contributed by atoms with Crippen molar-refractivity contribution in [3.8, 4) is 0 Å². The van der Waals surface area contributed by atoms with Crippen molar-refractivity contribution in [3.05, 3.63) is 47.6 Å². The number of rotatable bonds is 9. The number of amides is 1. The number of carbonyl (C=O) groups excluding carboxylic acids is 1. The lowest BCUT2D eigenvalue weighted by Gasteiger charge is -2.10. The number of carbonyl (C=O) groups is 1. The molecule has 7 nitrogen and oxygen atoms in total. The predicted molar refractivity (Wildman–Crippen MR) is 82.5 cm³/mol. The van der Waals surface area contributed by atoms with E-state index in [1.807, 2.05) is 30.3 Å². The number of nitrogens with zero attached hydrogens (tertiary/aromatic N) is 2. The van der Waals surface area contributed by atoms with Gasteiger partial charge in [0.15, 0.2) is 5.82 Å². The molecule has 1 amide bonds. The first kappa shape index (κ1) is 17.1. The molecule has 0 saturated carbocycles. The minimum Gasteiger partial charge on any atom is -0.377 e. The summed E-state index contributed by atoms with van der Waals surface area (Å²) in [6.45, 7) is 2.53. The third kappa shape index (κ3) is 5.80. The van der Waals surface area contributed by atoms with Gasteiger partial charge in [0.2, 0.25) is 11.8 Å². The molecule has 0 aliphatic rings. The van der Waals surface area contributed by atoms with E-state index >= 15 is 0 Å². The summed E-state index contributed by atoms with van der Waals surface area (Å²) in [5, 5.41) is 6.50. The number of ether oxygens (including phenoxy) is 2. The summed E-state index contributed by atoms with van der Waals surface area (Å²) in [4.78, 5) is 16.0. The van der Waals surface area contributed by atoms with E-state index in [0.717, 1.165) is 6.42 Å². The molecule has 2 aromatic rings. The summed E-state index contributed by atoms with van der Waals surface area (Å²) in [6, 6.07) is 9.60. The van der Waals surface area contributed by atoms with Gasteiger partial charge in [-0.3, -0.25) is 4.79 Å². The Hall–Kier alpha value is -2.25. The predicted octanol–water partition coefficient (Wildman–Crippen LogP) is 1.65. The van der Waals surface area contributed by atoms with Crippen LogP contribution in [0.1, 0.15) is 30.2 Å². The maximum absolute atomic E-state index is 11.8. The summed E-state index contributed by atoms with van der Waals surface area (Å²) in [5.41, 5.74) is 1.18. The number of methoxy groups -OCH3 is 1. The van der Waals surface area contributed by atoms with Crippen molar-refractivity contribution in [3.63, 3.8) is 0 Å². The monoisotopic (exact) mass is 319 g/mol. The first-order valence-corrected chi connectivity index (χ1v) is 7.41. The van der Waals surface area contributed by atoms with Crippen LogP contribution in [-0.4, -0.2) is 36.4 Å². The Balaban J connectivity index is 1.67. The van der Waals surface area contributed by atoms with E-state index in [1.54, 1.807) is 14.0 Å². The fourth-order valence-corrected chi connectivity index (χ4v) is 1.98. The Morgan fingerprint density at radius 3 is 2.87 bits per heavy atom. The normalized spacial score (nSPS) is 12.1. The van der Waals surface area contributed by atoms with Crippen LogP contribution in [0.5, 0.6) is 0 Å². The van der Waals surface area contributed by atoms with Gasteiger partial charge in [0.1, 0.15) is 19.3 Å². The van der Waals surface area contributed by atoms with Crippen molar-refractivity contribution in [2.45, 2.75) is 26.0 Å². The molecule has 124 valence electrons. The van der Waals surface area contributed by atoms with Crippen molar-refractivity contribution < 1.29 is 18.8 Å². The topological polar surface area (TPSA) is 86.5 Å². The number of aromatic nitrogens is 2. The van der Waals surface area contributed by atoms with Gasteiger partial charge in [-0.05, 0) is 18.9 Å². The van der Waals surface area contributed by atoms with Crippen molar-refractivity contribution in [1.29, 1.82) is 0 Å². The van der Waals surface area contributed by atoms with Gasteiger partial charge in [-0.2, -0.15) is 4.98 Å². The second-order valence-electron chi connectivity index (χ2n) is 5.06. The quantitative estimate of drug-likeness (QED) is 0.707. The van der Waals surface area contributed by atoms with Crippen molar-refractivity contribution >= 4 is 5.91 Å². The van der Waals surface area contributed by atoms with Crippen LogP contribution >= 0.6 is 0 Å². The van der Waals surface area contributed by atoms with Gasteiger partial charge >= 0.3 is 0 Å². The molecule has 0 fully saturated rings. The highest BCUT2D eigenvalue weighted by Gasteiger charge is 2.16. The van der Waals surface area contributed by atoms with Crippen molar-refractivity contribution in [1.82, 2.24) is 15.5 Å². The zero-order valence-electron chi connectivity index (χ0n) is 13.3. The molecule has 1 heterocycles. The van der Waals surface area contributed by atoms with Gasteiger partial charge in [-0.15, -0.1) is 0 Å². The highest BCUT2D eigenvalue weighted by Crippen LogP contribution is 2.09. The number of hydrogen-bond donors (Lipinski definition) is 1. The highest BCUT2D eigenvalue weighted by molar-refractivity contribution is 5.77. The maximum atomic E-state index is 11.8. The summed E-state index contributed by atoms with van der Waals surface area (Å²) >= 11 is 0. The standard InChI is InChI=1S/C16H21N3O4/c1-12(16-18-14(10-21-2)19-23-16)17-15(20)11-22-9-8-13-6-4-3-5-7-13/h3-7,12H,8-11H2,1-2H3,(H,17,20). The molecular weight excluding hydrogens is 298 g/mol. The number of hydrogen-bond acceptors (Lipinski definition) is 6. The van der Waals surface area contributed by atoms with Crippen LogP contribution in [0.3, 0.4) is 0 Å². The van der Waals surface area contributed by atoms with Crippen molar-refractivity contribution in [2.24, 2.45) is 0 Å². The number of nitrogens with one attached hydrogen (secondary N) is 1. The van der Waals surface area contributed by atoms with E-state index < -0.39 is 0 Å². The van der Waals surface area contributed by atoms with Gasteiger partial charge in [0.05, 0.1) is 6.61 Å². The molecule has 0 aliphatic heterocycles. The molecule has 1 atom stereocenters. The first-order chi connectivity index (χ1) is 11.2. The van der Waals surface area contributed by atoms with E-state index in [0.29, 0.717) is 18.3 Å². The SMILES string of the molecule is COCc1noc(C(C)NC(=O)COCCc2ccccc2)n1. The van der Waals surface area contributed by atoms with Crippen LogP contribution in [0.2, 0.25) is 0 Å². The van der Waals surface area contributed by atoms with E-state index in [4.69, 9.17) is 14.0 Å². The Morgan fingerprint density at radius 2 is 2.13 bits per heavy atom. The minimum atomic E-state index is -0.377. The van der Waals surface area contributed by atoms with Gasteiger partial charge in [-0.1, -0.05) is 35.5 Å². The van der Waals surface area contributed by atoms with Crippen LogP contribution in [0.4, 0.5) is 0 Å². The van der Waals surface area contributed by atoms with E-state index in [-0.39, 0.29) is 25.2 Å². The molecular formula is C16H21N3O4. The van der Waals surface area contributed by atoms with Crippen LogP contribution in [-0.2, 0) is 27.3 Å². The molecule has 0 bridgehead atoms. The summed E-state index contributed by atoms with van der Waals surface area (Å²) in [7, 11) is 1.55. The molecule has 1 aromatic heterocycles. The smallest absolute Gasteiger partial charge is 0.249 e. The Bertz CT molecular complexity index is 600. The summed E-state index contributed by atoms with van der Waals surface area (Å²) in [5.74, 6) is 0.564. The third-order valence-electron chi connectivity index (χ3n) is 3.12. The zero-order valence-corrected chi connectivity index (χ0v) is 13.3. The van der Waals surface area contributed by atoms with E-state index in [9.17, 15) is 4.79 Å². The second kappa shape index (κ2) is 9.02. The average molecular weight is 319 g/mol. The van der Waals surface area contributed by atoms with Crippen LogP contribution in [0.15, 0.2) is 34.9 Å². The lowest BCUT2D eigenvalue weighted by atomic mass is 10.2. The van der Waals surface area contributed by atoms with Gasteiger partial charge < -0.3 is 19.3 Å². The average Bonchev–Trinajstić information content (AvgIpc) is 3.02. The Morgan fingerprint density at radius 1 is 1.35 bits per heavy atom. The Labute approximate surface area is 135 Å². The molecule has 1 N–H and O–H groups in total. The molecule has 0 saturated heterocycles. The number of benzene rings is 1. The molecule has 0 spiro atoms. The molecule has 0 radical (unpaired) electrons. The van der Waals surface area contributed by atoms with Gasteiger partial charge in [0, 0.05) is 7.11 Å². The van der Waals surface area contributed by atoms with Crippen LogP contribution < -0.4 is 5.32 Å². The van der Waals surface area contributed by atoms with Crippen molar-refractivity contribution in [2.75, 3.05) is 20.3 Å².